The Labute approximate surface area is 147 Å². The summed E-state index contributed by atoms with van der Waals surface area (Å²) in [7, 11) is 0. The first-order valence-electron chi connectivity index (χ1n) is 9.03. The van der Waals surface area contributed by atoms with E-state index in [1.165, 1.54) is 25.7 Å². The van der Waals surface area contributed by atoms with Crippen molar-refractivity contribution in [1.82, 2.24) is 9.88 Å². The fraction of sp³-hybridized carbons (Fsp3) is 0.722. The second-order valence-electron chi connectivity index (χ2n) is 7.14. The van der Waals surface area contributed by atoms with Gasteiger partial charge in [0, 0.05) is 25.4 Å². The Kier molecular flexibility index (Phi) is 5.54. The molecule has 5 nitrogen and oxygen atoms in total. The molecular weight excluding hydrogens is 324 g/mol. The number of amides is 1. The lowest BCUT2D eigenvalue weighted by Crippen LogP contribution is -2.40. The molecule has 0 bridgehead atoms. The summed E-state index contributed by atoms with van der Waals surface area (Å²) in [5, 5.41) is 9.99. The van der Waals surface area contributed by atoms with Crippen LogP contribution in [-0.4, -0.2) is 40.0 Å². The molecule has 24 heavy (non-hydrogen) atoms. The number of piperidine rings is 1. The molecule has 2 aliphatic rings. The van der Waals surface area contributed by atoms with Gasteiger partial charge in [0.1, 0.15) is 4.88 Å². The van der Waals surface area contributed by atoms with Gasteiger partial charge in [0.05, 0.1) is 10.7 Å². The molecular formula is C18H26N2O3S. The number of aliphatic carboxylic acids is 1. The van der Waals surface area contributed by atoms with E-state index in [0.717, 1.165) is 35.0 Å². The minimum absolute atomic E-state index is 0.0919. The van der Waals surface area contributed by atoms with Crippen molar-refractivity contribution in [3.8, 4) is 0 Å². The zero-order valence-electron chi connectivity index (χ0n) is 14.3. The molecule has 1 N–H and O–H groups in total. The summed E-state index contributed by atoms with van der Waals surface area (Å²) in [5.41, 5.74) is 0.861. The van der Waals surface area contributed by atoms with Gasteiger partial charge in [-0.3, -0.25) is 9.59 Å². The van der Waals surface area contributed by atoms with Gasteiger partial charge in [-0.25, -0.2) is 4.98 Å². The Bertz CT molecular complexity index is 607. The molecule has 132 valence electrons. The highest BCUT2D eigenvalue weighted by molar-refractivity contribution is 7.13. The summed E-state index contributed by atoms with van der Waals surface area (Å²) in [6.07, 6.45) is 7.76. The van der Waals surface area contributed by atoms with E-state index in [9.17, 15) is 9.59 Å². The van der Waals surface area contributed by atoms with Crippen LogP contribution in [0.1, 0.15) is 77.7 Å². The van der Waals surface area contributed by atoms with Crippen LogP contribution in [0.4, 0.5) is 0 Å². The molecule has 1 saturated carbocycles. The Morgan fingerprint density at radius 3 is 2.71 bits per heavy atom. The number of nitrogens with zero attached hydrogens (tertiary/aromatic N) is 2. The number of hydrogen-bond acceptors (Lipinski definition) is 4. The topological polar surface area (TPSA) is 70.5 Å². The van der Waals surface area contributed by atoms with Crippen LogP contribution in [0.15, 0.2) is 0 Å². The van der Waals surface area contributed by atoms with Crippen LogP contribution < -0.4 is 0 Å². The zero-order chi connectivity index (χ0) is 17.1. The minimum atomic E-state index is -0.752. The maximum Gasteiger partial charge on any atom is 0.303 e. The number of carbonyl (C=O) groups is 2. The van der Waals surface area contributed by atoms with Crippen LogP contribution in [0.3, 0.4) is 0 Å². The smallest absolute Gasteiger partial charge is 0.303 e. The molecule has 1 aromatic rings. The van der Waals surface area contributed by atoms with E-state index < -0.39 is 5.97 Å². The van der Waals surface area contributed by atoms with Gasteiger partial charge in [0.25, 0.3) is 5.91 Å². The quantitative estimate of drug-likeness (QED) is 0.876. The molecule has 1 aliphatic carbocycles. The number of aryl methyl sites for hydroxylation is 1. The molecule has 0 radical (unpaired) electrons. The highest BCUT2D eigenvalue weighted by atomic mass is 32.1. The minimum Gasteiger partial charge on any atom is -0.481 e. The molecule has 2 fully saturated rings. The highest BCUT2D eigenvalue weighted by Crippen LogP contribution is 2.37. The average Bonchev–Trinajstić information content (AvgIpc) is 3.22. The standard InChI is InChI=1S/C18H26N2O3S/c1-12-16(24-17(19-12)14-6-2-3-7-14)18(23)20-10-4-5-13(11-20)8-9-15(21)22/h13-14H,2-11H2,1H3,(H,21,22). The lowest BCUT2D eigenvalue weighted by Gasteiger charge is -2.32. The van der Waals surface area contributed by atoms with Crippen LogP contribution in [0, 0.1) is 12.8 Å². The second-order valence-corrected chi connectivity index (χ2v) is 8.17. The van der Waals surface area contributed by atoms with Gasteiger partial charge in [-0.05, 0) is 44.9 Å². The largest absolute Gasteiger partial charge is 0.481 e. The van der Waals surface area contributed by atoms with Crippen molar-refractivity contribution in [1.29, 1.82) is 0 Å². The van der Waals surface area contributed by atoms with Crippen molar-refractivity contribution in [2.75, 3.05) is 13.1 Å². The van der Waals surface area contributed by atoms with Crippen molar-refractivity contribution < 1.29 is 14.7 Å². The number of carbonyl (C=O) groups excluding carboxylic acids is 1. The lowest BCUT2D eigenvalue weighted by atomic mass is 9.93. The van der Waals surface area contributed by atoms with E-state index in [1.54, 1.807) is 11.3 Å². The zero-order valence-corrected chi connectivity index (χ0v) is 15.1. The Morgan fingerprint density at radius 1 is 1.25 bits per heavy atom. The first-order chi connectivity index (χ1) is 11.5. The predicted molar refractivity (Wildman–Crippen MR) is 93.6 cm³/mol. The van der Waals surface area contributed by atoms with Crippen molar-refractivity contribution in [3.63, 3.8) is 0 Å². The summed E-state index contributed by atoms with van der Waals surface area (Å²) in [5.74, 6) is 0.188. The lowest BCUT2D eigenvalue weighted by molar-refractivity contribution is -0.137. The SMILES string of the molecule is Cc1nc(C2CCCC2)sc1C(=O)N1CCCC(CCC(=O)O)C1. The molecule has 0 aromatic carbocycles. The molecule has 0 spiro atoms. The van der Waals surface area contributed by atoms with Crippen LogP contribution in [0.5, 0.6) is 0 Å². The predicted octanol–water partition coefficient (Wildman–Crippen LogP) is 3.83. The molecule has 1 saturated heterocycles. The van der Waals surface area contributed by atoms with Crippen molar-refractivity contribution in [2.24, 2.45) is 5.92 Å². The number of hydrogen-bond donors (Lipinski definition) is 1. The Hall–Kier alpha value is -1.43. The Balaban J connectivity index is 1.66. The molecule has 1 unspecified atom stereocenters. The summed E-state index contributed by atoms with van der Waals surface area (Å²) in [6, 6.07) is 0. The number of carboxylic acid groups (broad SMARTS) is 1. The number of aromatic nitrogens is 1. The number of carboxylic acids is 1. The number of rotatable bonds is 5. The fourth-order valence-corrected chi connectivity index (χ4v) is 5.12. The highest BCUT2D eigenvalue weighted by Gasteiger charge is 2.29. The summed E-state index contributed by atoms with van der Waals surface area (Å²) in [4.78, 5) is 31.1. The first kappa shape index (κ1) is 17.4. The maximum atomic E-state index is 12.9. The summed E-state index contributed by atoms with van der Waals surface area (Å²) in [6.45, 7) is 3.40. The maximum absolute atomic E-state index is 12.9. The van der Waals surface area contributed by atoms with Gasteiger partial charge in [0.15, 0.2) is 0 Å². The molecule has 1 amide bonds. The van der Waals surface area contributed by atoms with Gasteiger partial charge in [-0.2, -0.15) is 0 Å². The van der Waals surface area contributed by atoms with Crippen molar-refractivity contribution in [2.45, 2.75) is 64.2 Å². The third-order valence-corrected chi connectivity index (χ3v) is 6.59. The van der Waals surface area contributed by atoms with E-state index in [2.05, 4.69) is 4.98 Å². The number of likely N-dealkylation sites (tertiary alicyclic amines) is 1. The van der Waals surface area contributed by atoms with Crippen molar-refractivity contribution >= 4 is 23.2 Å². The van der Waals surface area contributed by atoms with E-state index in [4.69, 9.17) is 5.11 Å². The first-order valence-corrected chi connectivity index (χ1v) is 9.84. The molecule has 6 heteroatoms. The molecule has 1 atom stereocenters. The van der Waals surface area contributed by atoms with E-state index in [-0.39, 0.29) is 12.3 Å². The molecule has 3 rings (SSSR count). The van der Waals surface area contributed by atoms with Gasteiger partial charge in [-0.15, -0.1) is 11.3 Å². The third kappa shape index (κ3) is 3.97. The normalized spacial score (nSPS) is 22.0. The average molecular weight is 350 g/mol. The molecule has 1 aliphatic heterocycles. The van der Waals surface area contributed by atoms with E-state index >= 15 is 0 Å². The van der Waals surface area contributed by atoms with Gasteiger partial charge >= 0.3 is 5.97 Å². The molecule has 1 aromatic heterocycles. The summed E-state index contributed by atoms with van der Waals surface area (Å²) >= 11 is 1.58. The van der Waals surface area contributed by atoms with Crippen LogP contribution >= 0.6 is 11.3 Å². The van der Waals surface area contributed by atoms with Crippen LogP contribution in [0.2, 0.25) is 0 Å². The molecule has 2 heterocycles. The second kappa shape index (κ2) is 7.64. The van der Waals surface area contributed by atoms with E-state index in [1.807, 2.05) is 11.8 Å². The monoisotopic (exact) mass is 350 g/mol. The van der Waals surface area contributed by atoms with Gasteiger partial charge < -0.3 is 10.0 Å². The van der Waals surface area contributed by atoms with Gasteiger partial charge in [-0.1, -0.05) is 12.8 Å². The van der Waals surface area contributed by atoms with Crippen molar-refractivity contribution in [3.05, 3.63) is 15.6 Å². The fourth-order valence-electron chi connectivity index (χ4n) is 3.92. The summed E-state index contributed by atoms with van der Waals surface area (Å²) < 4.78 is 0. The van der Waals surface area contributed by atoms with E-state index in [0.29, 0.717) is 24.8 Å². The third-order valence-electron chi connectivity index (χ3n) is 5.28. The Morgan fingerprint density at radius 2 is 2.00 bits per heavy atom. The number of thiazole rings is 1. The van der Waals surface area contributed by atoms with Crippen LogP contribution in [0.25, 0.3) is 0 Å². The van der Waals surface area contributed by atoms with Gasteiger partial charge in [0.2, 0.25) is 0 Å². The van der Waals surface area contributed by atoms with Crippen LogP contribution in [-0.2, 0) is 4.79 Å².